The number of fused-ring (bicyclic) bond motifs is 5. The number of nitrogens with zero attached hydrogens (tertiary/aromatic N) is 1. The summed E-state index contributed by atoms with van der Waals surface area (Å²) in [5, 5.41) is 66.2. The predicted molar refractivity (Wildman–Crippen MR) is 228 cm³/mol. The number of aliphatic carboxylic acids is 1. The number of rotatable bonds is 11. The number of ether oxygens (including phenoxy) is 7. The molecule has 19 heteroatoms. The number of esters is 1. The van der Waals surface area contributed by atoms with Crippen LogP contribution < -0.4 is 35.2 Å². The Morgan fingerprint density at radius 3 is 2.61 bits per heavy atom. The van der Waals surface area contributed by atoms with Gasteiger partial charge in [-0.15, -0.1) is 0 Å². The smallest absolute Gasteiger partial charge is 0.317 e. The molecule has 19 nitrogen and oxygen atoms in total. The Labute approximate surface area is 376 Å². The number of hydrogen-bond acceptors (Lipinski definition) is 16. The molecular formula is C47H48N4O15. The first-order valence-electron chi connectivity index (χ1n) is 21.6. The number of nitrogens with one attached hydrogen (secondary N) is 1. The summed E-state index contributed by atoms with van der Waals surface area (Å²) in [7, 11) is 0. The van der Waals surface area contributed by atoms with Gasteiger partial charge in [-0.2, -0.15) is 0 Å². The molecule has 11 N–H and O–H groups in total. The maximum absolute atomic E-state index is 12.5. The highest BCUT2D eigenvalue weighted by molar-refractivity contribution is 5.90. The topological polar surface area (TPSA) is 293 Å². The number of aromatic amines is 1. The van der Waals surface area contributed by atoms with Crippen LogP contribution in [0.15, 0.2) is 67.0 Å². The fraction of sp³-hybridized carbons (Fsp3) is 0.404. The van der Waals surface area contributed by atoms with Crippen LogP contribution in [0.3, 0.4) is 0 Å². The van der Waals surface area contributed by atoms with Crippen molar-refractivity contribution in [2.24, 2.45) is 11.5 Å². The summed E-state index contributed by atoms with van der Waals surface area (Å²) >= 11 is 0. The van der Waals surface area contributed by atoms with Crippen molar-refractivity contribution in [3.05, 3.63) is 101 Å². The van der Waals surface area contributed by atoms with Crippen LogP contribution in [0.5, 0.6) is 28.7 Å². The lowest BCUT2D eigenvalue weighted by atomic mass is 9.75. The van der Waals surface area contributed by atoms with Crippen molar-refractivity contribution in [1.82, 2.24) is 9.55 Å². The molecule has 0 amide bonds. The minimum atomic E-state index is -2.29. The highest BCUT2D eigenvalue weighted by Crippen LogP contribution is 2.62. The fourth-order valence-corrected chi connectivity index (χ4v) is 10.2. The van der Waals surface area contributed by atoms with Crippen LogP contribution in [0.25, 0.3) is 10.9 Å². The van der Waals surface area contributed by atoms with E-state index >= 15 is 0 Å². The molecule has 10 unspecified atom stereocenters. The summed E-state index contributed by atoms with van der Waals surface area (Å²) in [4.78, 5) is 27.1. The minimum absolute atomic E-state index is 0.0402. The van der Waals surface area contributed by atoms with Crippen molar-refractivity contribution in [2.75, 3.05) is 13.4 Å². The summed E-state index contributed by atoms with van der Waals surface area (Å²) in [6.45, 7) is -0.612. The van der Waals surface area contributed by atoms with Crippen LogP contribution in [0.2, 0.25) is 0 Å². The molecule has 0 spiro atoms. The van der Waals surface area contributed by atoms with Crippen molar-refractivity contribution in [2.45, 2.75) is 105 Å². The first-order chi connectivity index (χ1) is 31.9. The molecule has 5 aliphatic heterocycles. The molecule has 1 fully saturated rings. The zero-order valence-electron chi connectivity index (χ0n) is 35.2. The minimum Gasteiger partial charge on any atom is -0.487 e. The van der Waals surface area contributed by atoms with Gasteiger partial charge in [0.15, 0.2) is 30.0 Å². The fourth-order valence-electron chi connectivity index (χ4n) is 10.2. The van der Waals surface area contributed by atoms with Crippen LogP contribution in [-0.4, -0.2) is 114 Å². The van der Waals surface area contributed by atoms with E-state index in [0.29, 0.717) is 46.1 Å². The quantitative estimate of drug-likeness (QED) is 0.0393. The average molecular weight is 909 g/mol. The van der Waals surface area contributed by atoms with Gasteiger partial charge in [-0.25, -0.2) is 0 Å². The molecule has 0 saturated carbocycles. The third kappa shape index (κ3) is 7.26. The Morgan fingerprint density at radius 2 is 1.85 bits per heavy atom. The summed E-state index contributed by atoms with van der Waals surface area (Å²) < 4.78 is 46.3. The van der Waals surface area contributed by atoms with Crippen molar-refractivity contribution in [3.63, 3.8) is 0 Å². The Kier molecular flexibility index (Phi) is 11.3. The number of H-pyrrole nitrogens is 1. The van der Waals surface area contributed by atoms with E-state index in [1.165, 1.54) is 0 Å². The van der Waals surface area contributed by atoms with Crippen molar-refractivity contribution in [1.29, 1.82) is 0 Å². The van der Waals surface area contributed by atoms with Gasteiger partial charge in [0.2, 0.25) is 12.0 Å². The number of carboxylic acids is 1. The summed E-state index contributed by atoms with van der Waals surface area (Å²) in [6.07, 6.45) is -9.24. The second-order valence-electron chi connectivity index (χ2n) is 17.0. The molecule has 346 valence electrons. The maximum atomic E-state index is 12.5. The largest absolute Gasteiger partial charge is 0.487 e. The van der Waals surface area contributed by atoms with E-state index in [-0.39, 0.29) is 44.1 Å². The first-order valence-corrected chi connectivity index (χ1v) is 21.6. The number of benzene rings is 3. The number of carbonyl (C=O) groups is 2. The number of aliphatic hydroxyl groups is 5. The third-order valence-corrected chi connectivity index (χ3v) is 13.2. The molecule has 5 aliphatic rings. The second kappa shape index (κ2) is 17.1. The molecule has 0 radical (unpaired) electrons. The van der Waals surface area contributed by atoms with E-state index in [0.717, 1.165) is 22.0 Å². The Hall–Kier alpha value is -6.34. The van der Waals surface area contributed by atoms with Crippen LogP contribution in [0.4, 0.5) is 0 Å². The van der Waals surface area contributed by atoms with Gasteiger partial charge in [-0.05, 0) is 36.1 Å². The van der Waals surface area contributed by atoms with Crippen molar-refractivity contribution < 1.29 is 73.4 Å². The SMILES string of the molecule is NC(N)C(OC(=O)CC(=O)O)C1OC2Oc3cc4c(c(Cn5cc6cc[nH]c6c5CO)c3CCC2(O)C(O)C1O)C1Oc2c3ccc(OCO)c2OCCC#CC(c2ccccc2)C(O4)C31. The lowest BCUT2D eigenvalue weighted by Gasteiger charge is -2.48. The monoisotopic (exact) mass is 908 g/mol. The maximum Gasteiger partial charge on any atom is 0.317 e. The van der Waals surface area contributed by atoms with Gasteiger partial charge in [-0.3, -0.25) is 9.59 Å². The number of hydrogen-bond donors (Lipinski definition) is 9. The van der Waals surface area contributed by atoms with Crippen LogP contribution >= 0.6 is 0 Å². The number of nitrogens with two attached hydrogens (primary N) is 2. The van der Waals surface area contributed by atoms with Crippen molar-refractivity contribution in [3.8, 4) is 40.6 Å². The van der Waals surface area contributed by atoms with Crippen LogP contribution in [0.1, 0.15) is 70.7 Å². The normalized spacial score (nSPS) is 27.5. The Morgan fingerprint density at radius 1 is 1.03 bits per heavy atom. The van der Waals surface area contributed by atoms with Gasteiger partial charge in [0, 0.05) is 53.5 Å². The standard InChI is InChI=1S/C47H48N4O15/c48-45(49)43(64-33(56)17-32(54)55)42-37(57)44(58)47(59)13-11-25-27(19-51-18-23-12-14-50-36(23)28(51)20-52)34-31(16-30(25)63-46(47)66-42)62-38-24(22-6-2-1-3-7-22)8-4-5-15-60-40-29(61-21-53)10-9-26-35(38)41(34)65-39(26)40/h1-3,6-7,9-10,12,14,16,18,24,35,37-38,41-46,50,52-53,57-59H,5,11,13,15,17,19-21,48-49H2,(H,54,55). The Balaban J connectivity index is 1.15. The lowest BCUT2D eigenvalue weighted by molar-refractivity contribution is -0.329. The number of carbonyl (C=O) groups excluding carboxylic acids is 1. The second-order valence-corrected chi connectivity index (χ2v) is 17.0. The van der Waals surface area contributed by atoms with Gasteiger partial charge >= 0.3 is 11.9 Å². The van der Waals surface area contributed by atoms with Gasteiger partial charge < -0.3 is 84.8 Å². The number of carboxylic acid groups (broad SMARTS) is 1. The lowest BCUT2D eigenvalue weighted by Crippen LogP contribution is -2.71. The molecule has 7 heterocycles. The predicted octanol–water partition coefficient (Wildman–Crippen LogP) is 1.52. The van der Waals surface area contributed by atoms with E-state index in [1.807, 2.05) is 53.2 Å². The summed E-state index contributed by atoms with van der Waals surface area (Å²) in [5.74, 6) is 4.51. The van der Waals surface area contributed by atoms with Gasteiger partial charge in [0.25, 0.3) is 0 Å². The molecule has 5 aromatic rings. The molecule has 10 rings (SSSR count). The highest BCUT2D eigenvalue weighted by atomic mass is 16.7. The van der Waals surface area contributed by atoms with E-state index in [4.69, 9.17) is 44.6 Å². The van der Waals surface area contributed by atoms with E-state index < -0.39 is 91.7 Å². The molecular weight excluding hydrogens is 861 g/mol. The molecule has 10 atom stereocenters. The van der Waals surface area contributed by atoms with Gasteiger partial charge in [-0.1, -0.05) is 48.2 Å². The molecule has 2 aromatic heterocycles. The van der Waals surface area contributed by atoms with Crippen LogP contribution in [-0.2, 0) is 38.6 Å². The van der Waals surface area contributed by atoms with E-state index in [9.17, 15) is 40.2 Å². The summed E-state index contributed by atoms with van der Waals surface area (Å²) in [6, 6.07) is 16.9. The molecule has 0 aliphatic carbocycles. The van der Waals surface area contributed by atoms with Gasteiger partial charge in [0.05, 0.1) is 42.4 Å². The molecule has 66 heavy (non-hydrogen) atoms. The van der Waals surface area contributed by atoms with E-state index in [2.05, 4.69) is 16.8 Å². The Bertz CT molecular complexity index is 2740. The van der Waals surface area contributed by atoms with Crippen molar-refractivity contribution >= 4 is 22.8 Å². The van der Waals surface area contributed by atoms with E-state index in [1.54, 1.807) is 18.3 Å². The first kappa shape index (κ1) is 43.5. The summed E-state index contributed by atoms with van der Waals surface area (Å²) in [5.41, 5.74) is 14.5. The highest BCUT2D eigenvalue weighted by Gasteiger charge is 2.60. The van der Waals surface area contributed by atoms with Crippen LogP contribution in [0, 0.1) is 11.8 Å². The third-order valence-electron chi connectivity index (χ3n) is 13.2. The molecule has 1 saturated heterocycles. The number of aliphatic hydroxyl groups excluding tert-OH is 4. The zero-order valence-corrected chi connectivity index (χ0v) is 35.2. The zero-order chi connectivity index (χ0) is 46.0. The molecule has 3 aromatic carbocycles. The average Bonchev–Trinajstić information content (AvgIpc) is 3.97. The van der Waals surface area contributed by atoms with Gasteiger partial charge in [0.1, 0.15) is 48.4 Å². The number of aromatic nitrogens is 2. The molecule has 4 bridgehead atoms.